The van der Waals surface area contributed by atoms with E-state index in [-0.39, 0.29) is 0 Å². The van der Waals surface area contributed by atoms with Gasteiger partial charge in [0.15, 0.2) is 5.75 Å². The summed E-state index contributed by atoms with van der Waals surface area (Å²) < 4.78 is 0. The third kappa shape index (κ3) is 3.08. The normalized spacial score (nSPS) is 10.4. The van der Waals surface area contributed by atoms with Crippen LogP contribution in [0, 0.1) is 0 Å². The molecule has 0 saturated heterocycles. The molecule has 0 amide bonds. The van der Waals surface area contributed by atoms with Crippen LogP contribution in [0.5, 0.6) is 5.75 Å². The van der Waals surface area contributed by atoms with Crippen molar-refractivity contribution in [2.75, 3.05) is 0 Å². The summed E-state index contributed by atoms with van der Waals surface area (Å²) in [5.41, 5.74) is 0.987. The Kier molecular flexibility index (Phi) is 3.53. The van der Waals surface area contributed by atoms with Gasteiger partial charge in [0.05, 0.1) is 6.54 Å². The molecule has 3 heteroatoms. The van der Waals surface area contributed by atoms with Gasteiger partial charge >= 0.3 is 0 Å². The number of rotatable bonds is 4. The minimum atomic E-state index is 0.329. The first-order chi connectivity index (χ1) is 7.84. The van der Waals surface area contributed by atoms with Crippen molar-refractivity contribution in [1.82, 2.24) is 5.23 Å². The van der Waals surface area contributed by atoms with E-state index in [0.717, 1.165) is 10.8 Å². The Hall–Kier alpha value is -1.84. The molecule has 0 spiro atoms. The molecule has 0 saturated carbocycles. The molecule has 0 aliphatic carbocycles. The predicted molar refractivity (Wildman–Crippen MR) is 60.8 cm³/mol. The molecule has 16 heavy (non-hydrogen) atoms. The molecule has 0 atom stereocenters. The zero-order valence-corrected chi connectivity index (χ0v) is 8.78. The van der Waals surface area contributed by atoms with Gasteiger partial charge in [-0.15, -0.1) is 0 Å². The molecule has 0 heterocycles. The number of nitrogens with zero attached hydrogens (tertiary/aromatic N) is 1. The minimum absolute atomic E-state index is 0.329. The summed E-state index contributed by atoms with van der Waals surface area (Å²) in [5.74, 6) is 0.612. The Balaban J connectivity index is 1.92. The second-order valence-corrected chi connectivity index (χ2v) is 3.40. The highest BCUT2D eigenvalue weighted by atomic mass is 16.9. The first-order valence-corrected chi connectivity index (χ1v) is 5.08. The molecule has 2 aromatic carbocycles. The topological polar surface area (TPSA) is 32.7 Å². The smallest absolute Gasteiger partial charge is 0.150 e. The van der Waals surface area contributed by atoms with Crippen molar-refractivity contribution in [3.63, 3.8) is 0 Å². The van der Waals surface area contributed by atoms with Crippen LogP contribution in [0.2, 0.25) is 0 Å². The fraction of sp³-hybridized carbons (Fsp3) is 0.0769. The first-order valence-electron chi connectivity index (χ1n) is 5.08. The highest BCUT2D eigenvalue weighted by Gasteiger charge is 2.03. The highest BCUT2D eigenvalue weighted by molar-refractivity contribution is 5.20. The van der Waals surface area contributed by atoms with E-state index in [9.17, 15) is 5.21 Å². The van der Waals surface area contributed by atoms with E-state index in [4.69, 9.17) is 4.84 Å². The SMILES string of the molecule is ON(Cc1ccccc1)Oc1ccccc1. The number of para-hydroxylation sites is 1. The van der Waals surface area contributed by atoms with E-state index >= 15 is 0 Å². The summed E-state index contributed by atoms with van der Waals surface area (Å²) in [6.07, 6.45) is 0. The maximum Gasteiger partial charge on any atom is 0.150 e. The van der Waals surface area contributed by atoms with Crippen molar-refractivity contribution in [2.24, 2.45) is 0 Å². The van der Waals surface area contributed by atoms with Crippen molar-refractivity contribution < 1.29 is 10.0 Å². The van der Waals surface area contributed by atoms with Gasteiger partial charge in [0, 0.05) is 0 Å². The van der Waals surface area contributed by atoms with Crippen molar-refractivity contribution >= 4 is 0 Å². The molecule has 82 valence electrons. The van der Waals surface area contributed by atoms with E-state index < -0.39 is 0 Å². The van der Waals surface area contributed by atoms with E-state index in [1.807, 2.05) is 48.5 Å². The Morgan fingerprint density at radius 2 is 1.44 bits per heavy atom. The van der Waals surface area contributed by atoms with Crippen LogP contribution in [0.15, 0.2) is 60.7 Å². The van der Waals surface area contributed by atoms with Crippen LogP contribution in [-0.2, 0) is 6.54 Å². The molecule has 0 aromatic heterocycles. The molecule has 3 nitrogen and oxygen atoms in total. The van der Waals surface area contributed by atoms with Gasteiger partial charge in [-0.1, -0.05) is 48.5 Å². The summed E-state index contributed by atoms with van der Waals surface area (Å²) in [5, 5.41) is 10.4. The molecule has 1 N–H and O–H groups in total. The largest absolute Gasteiger partial charge is 0.380 e. The molecule has 0 aliphatic rings. The van der Waals surface area contributed by atoms with Crippen LogP contribution in [0.1, 0.15) is 5.56 Å². The van der Waals surface area contributed by atoms with Gasteiger partial charge in [-0.2, -0.15) is 0 Å². The van der Waals surface area contributed by atoms with Crippen LogP contribution in [0.25, 0.3) is 0 Å². The maximum absolute atomic E-state index is 9.57. The molecular formula is C13H13NO2. The number of hydrogen-bond donors (Lipinski definition) is 1. The number of hydroxylamine groups is 2. The van der Waals surface area contributed by atoms with Crippen molar-refractivity contribution in [3.8, 4) is 5.75 Å². The van der Waals surface area contributed by atoms with Gasteiger partial charge in [0.2, 0.25) is 0 Å². The van der Waals surface area contributed by atoms with Crippen molar-refractivity contribution in [1.29, 1.82) is 0 Å². The van der Waals surface area contributed by atoms with Gasteiger partial charge in [-0.3, -0.25) is 5.21 Å². The van der Waals surface area contributed by atoms with E-state index in [1.165, 1.54) is 0 Å². The Bertz CT molecular complexity index is 375. The van der Waals surface area contributed by atoms with E-state index in [1.54, 1.807) is 12.1 Å². The lowest BCUT2D eigenvalue weighted by Gasteiger charge is -2.15. The van der Waals surface area contributed by atoms with Gasteiger partial charge in [0.25, 0.3) is 0 Å². The quantitative estimate of drug-likeness (QED) is 0.796. The third-order valence-corrected chi connectivity index (χ3v) is 2.11. The fourth-order valence-corrected chi connectivity index (χ4v) is 1.37. The summed E-state index contributed by atoms with van der Waals surface area (Å²) in [6.45, 7) is 0.329. The van der Waals surface area contributed by atoms with Crippen molar-refractivity contribution in [2.45, 2.75) is 6.54 Å². The molecule has 0 aliphatic heterocycles. The molecule has 0 bridgehead atoms. The van der Waals surface area contributed by atoms with E-state index in [2.05, 4.69) is 0 Å². The minimum Gasteiger partial charge on any atom is -0.380 e. The van der Waals surface area contributed by atoms with Crippen LogP contribution in [0.4, 0.5) is 0 Å². The lowest BCUT2D eigenvalue weighted by Crippen LogP contribution is -2.22. The second kappa shape index (κ2) is 5.30. The first kappa shape index (κ1) is 10.7. The monoisotopic (exact) mass is 215 g/mol. The average Bonchev–Trinajstić information content (AvgIpc) is 2.31. The Labute approximate surface area is 94.4 Å². The molecule has 0 fully saturated rings. The van der Waals surface area contributed by atoms with Crippen LogP contribution >= 0.6 is 0 Å². The lowest BCUT2D eigenvalue weighted by atomic mass is 10.2. The molecular weight excluding hydrogens is 202 g/mol. The average molecular weight is 215 g/mol. The number of benzene rings is 2. The second-order valence-electron chi connectivity index (χ2n) is 3.40. The predicted octanol–water partition coefficient (Wildman–Crippen LogP) is 2.87. The van der Waals surface area contributed by atoms with E-state index in [0.29, 0.717) is 12.3 Å². The third-order valence-electron chi connectivity index (χ3n) is 2.11. The molecule has 0 radical (unpaired) electrons. The number of hydrogen-bond acceptors (Lipinski definition) is 3. The van der Waals surface area contributed by atoms with Gasteiger partial charge < -0.3 is 4.84 Å². The summed E-state index contributed by atoms with van der Waals surface area (Å²) in [6, 6.07) is 18.8. The maximum atomic E-state index is 9.57. The van der Waals surface area contributed by atoms with Crippen LogP contribution < -0.4 is 4.84 Å². The van der Waals surface area contributed by atoms with Gasteiger partial charge in [-0.05, 0) is 22.9 Å². The summed E-state index contributed by atoms with van der Waals surface area (Å²) >= 11 is 0. The molecule has 2 rings (SSSR count). The summed E-state index contributed by atoms with van der Waals surface area (Å²) in [7, 11) is 0. The zero-order valence-electron chi connectivity index (χ0n) is 8.78. The highest BCUT2D eigenvalue weighted by Crippen LogP contribution is 2.11. The van der Waals surface area contributed by atoms with Crippen LogP contribution in [0.3, 0.4) is 0 Å². The van der Waals surface area contributed by atoms with Crippen LogP contribution in [-0.4, -0.2) is 10.4 Å². The molecule has 2 aromatic rings. The standard InChI is InChI=1S/C13H13NO2/c15-14(11-12-7-3-1-4-8-12)16-13-9-5-2-6-10-13/h1-10,15H,11H2. The summed E-state index contributed by atoms with van der Waals surface area (Å²) in [4.78, 5) is 5.21. The zero-order chi connectivity index (χ0) is 11.2. The van der Waals surface area contributed by atoms with Gasteiger partial charge in [0.1, 0.15) is 0 Å². The Morgan fingerprint density at radius 3 is 2.06 bits per heavy atom. The Morgan fingerprint density at radius 1 is 0.875 bits per heavy atom. The van der Waals surface area contributed by atoms with Gasteiger partial charge in [-0.25, -0.2) is 0 Å². The lowest BCUT2D eigenvalue weighted by molar-refractivity contribution is -0.289. The van der Waals surface area contributed by atoms with Crippen molar-refractivity contribution in [3.05, 3.63) is 66.2 Å². The molecule has 0 unspecified atom stereocenters. The fourth-order valence-electron chi connectivity index (χ4n) is 1.37.